The lowest BCUT2D eigenvalue weighted by atomic mass is 10.4. The molecule has 0 aromatic heterocycles. The van der Waals surface area contributed by atoms with E-state index in [4.69, 9.17) is 28.4 Å². The van der Waals surface area contributed by atoms with Crippen LogP contribution in [0.2, 0.25) is 0 Å². The molecule has 0 aliphatic carbocycles. The molecule has 14 heteroatoms. The van der Waals surface area contributed by atoms with Crippen LogP contribution in [0.5, 0.6) is 0 Å². The Morgan fingerprint density at radius 2 is 0.469 bits per heavy atom. The molecule has 0 radical (unpaired) electrons. The van der Waals surface area contributed by atoms with Gasteiger partial charge in [-0.25, -0.2) is 0 Å². The maximum Gasteiger partial charge on any atom is 0.102 e. The minimum atomic E-state index is -0.418. The minimum absolute atomic E-state index is 0. The number of hydrogen-bond donors (Lipinski definition) is 0. The Balaban J connectivity index is -0.00000210. The third kappa shape index (κ3) is 16.1. The van der Waals surface area contributed by atoms with Gasteiger partial charge in [-0.15, -0.1) is 0 Å². The maximum atomic E-state index is 13.0. The summed E-state index contributed by atoms with van der Waals surface area (Å²) in [6.45, 7) is 6.49. The summed E-state index contributed by atoms with van der Waals surface area (Å²) in [5, 5.41) is 26.1. The van der Waals surface area contributed by atoms with Crippen LogP contribution in [0.3, 0.4) is 0 Å². The van der Waals surface area contributed by atoms with Crippen LogP contribution in [0.4, 0.5) is 0 Å². The van der Waals surface area contributed by atoms with Gasteiger partial charge in [0.25, 0.3) is 0 Å². The first-order chi connectivity index (χ1) is 13.6. The molecule has 0 unspecified atom stereocenters. The van der Waals surface area contributed by atoms with E-state index >= 15 is 0 Å². The molecule has 3 rings (SSSR count). The van der Waals surface area contributed by atoms with E-state index in [1.807, 2.05) is 0 Å². The molecule has 3 aliphatic heterocycles. The second-order valence-corrected chi connectivity index (χ2v) is 7.13. The van der Waals surface area contributed by atoms with E-state index in [0.717, 1.165) is 0 Å². The maximum absolute atomic E-state index is 13.0. The Labute approximate surface area is 189 Å². The predicted octanol–water partition coefficient (Wildman–Crippen LogP) is -3.56. The molecule has 0 aromatic rings. The number of hydroxylamine groups is 6. The second kappa shape index (κ2) is 21.0. The van der Waals surface area contributed by atoms with Crippen molar-refractivity contribution in [1.29, 1.82) is 0 Å². The van der Waals surface area contributed by atoms with Crippen molar-refractivity contribution in [2.24, 2.45) is 0 Å². The number of quaternary nitrogens is 2. The van der Waals surface area contributed by atoms with Gasteiger partial charge in [0.15, 0.2) is 0 Å². The lowest BCUT2D eigenvalue weighted by Gasteiger charge is -2.43. The van der Waals surface area contributed by atoms with Gasteiger partial charge in [-0.3, -0.25) is 0 Å². The first-order valence-corrected chi connectivity index (χ1v) is 10.2. The molecule has 32 heavy (non-hydrogen) atoms. The number of fused-ring (bicyclic) bond motifs is 21. The van der Waals surface area contributed by atoms with E-state index in [9.17, 15) is 10.4 Å². The van der Waals surface area contributed by atoms with Gasteiger partial charge in [0.1, 0.15) is 39.3 Å². The minimum Gasteiger partial charge on any atom is -0.633 e. The Hall–Kier alpha value is -0.560. The number of nitrogens with zero attached hydrogens (tertiary/aromatic N) is 2. The van der Waals surface area contributed by atoms with Gasteiger partial charge >= 0.3 is 0 Å². The van der Waals surface area contributed by atoms with Crippen molar-refractivity contribution < 1.29 is 59.6 Å². The van der Waals surface area contributed by atoms with Crippen LogP contribution < -0.4 is 0 Å². The van der Waals surface area contributed by atoms with E-state index in [1.165, 1.54) is 0 Å². The molecule has 198 valence electrons. The Morgan fingerprint density at radius 1 is 0.312 bits per heavy atom. The van der Waals surface area contributed by atoms with Crippen molar-refractivity contribution >= 4 is 0 Å². The summed E-state index contributed by atoms with van der Waals surface area (Å²) in [5.41, 5.74) is 0. The van der Waals surface area contributed by atoms with Crippen LogP contribution in [-0.4, -0.2) is 150 Å². The summed E-state index contributed by atoms with van der Waals surface area (Å²) < 4.78 is 32.4. The van der Waals surface area contributed by atoms with Crippen LogP contribution in [0.1, 0.15) is 0 Å². The third-order valence-electron chi connectivity index (χ3n) is 4.97. The van der Waals surface area contributed by atoms with Crippen LogP contribution in [-0.2, 0) is 28.4 Å². The molecule has 2 bridgehead atoms. The largest absolute Gasteiger partial charge is 0.633 e. The van der Waals surface area contributed by atoms with E-state index in [2.05, 4.69) is 0 Å². The van der Waals surface area contributed by atoms with Crippen LogP contribution in [0.25, 0.3) is 0 Å². The quantitative estimate of drug-likeness (QED) is 0.248. The lowest BCUT2D eigenvalue weighted by molar-refractivity contribution is -0.882. The predicted molar refractivity (Wildman–Crippen MR) is 116 cm³/mol. The van der Waals surface area contributed by atoms with Gasteiger partial charge < -0.3 is 70.0 Å². The van der Waals surface area contributed by atoms with Crippen molar-refractivity contribution in [2.45, 2.75) is 0 Å². The highest BCUT2D eigenvalue weighted by Crippen LogP contribution is 2.07. The molecule has 8 N–H and O–H groups in total. The topological polar surface area (TPSA) is 227 Å². The molecule has 3 aliphatic rings. The lowest BCUT2D eigenvalue weighted by Crippen LogP contribution is -2.50. The monoisotopic (exact) mass is 480 g/mol. The molecule has 3 saturated heterocycles. The zero-order chi connectivity index (χ0) is 20.0. The fourth-order valence-electron chi connectivity index (χ4n) is 3.02. The SMILES string of the molecule is O.O.O.O.[O-][N+]12CCOCCOCC[N+]([O-])(CCOCCOCC1)CCOCCOCC2. The summed E-state index contributed by atoms with van der Waals surface area (Å²) in [7, 11) is 0. The second-order valence-electron chi connectivity index (χ2n) is 7.13. The molecular formula is C18H44N2O12. The van der Waals surface area contributed by atoms with Crippen LogP contribution in [0, 0.1) is 10.4 Å². The first kappa shape index (κ1) is 36.0. The Kier molecular flexibility index (Phi) is 23.6. The van der Waals surface area contributed by atoms with Crippen LogP contribution in [0.15, 0.2) is 0 Å². The summed E-state index contributed by atoms with van der Waals surface area (Å²) >= 11 is 0. The Morgan fingerprint density at radius 3 is 0.625 bits per heavy atom. The van der Waals surface area contributed by atoms with Gasteiger partial charge in [0.05, 0.1) is 79.3 Å². The van der Waals surface area contributed by atoms with E-state index in [-0.39, 0.29) is 21.9 Å². The van der Waals surface area contributed by atoms with Crippen molar-refractivity contribution in [3.8, 4) is 0 Å². The molecule has 0 spiro atoms. The molecule has 0 saturated carbocycles. The smallest absolute Gasteiger partial charge is 0.102 e. The molecule has 0 amide bonds. The average Bonchev–Trinajstić information content (AvgIpc) is 2.67. The number of ether oxygens (including phenoxy) is 6. The zero-order valence-corrected chi connectivity index (χ0v) is 18.9. The van der Waals surface area contributed by atoms with Crippen molar-refractivity contribution in [3.63, 3.8) is 0 Å². The zero-order valence-electron chi connectivity index (χ0n) is 18.9. The summed E-state index contributed by atoms with van der Waals surface area (Å²) in [5.74, 6) is 0. The summed E-state index contributed by atoms with van der Waals surface area (Å²) in [6, 6.07) is 0. The van der Waals surface area contributed by atoms with Crippen molar-refractivity contribution in [2.75, 3.05) is 119 Å². The fraction of sp³-hybridized carbons (Fsp3) is 1.00. The highest BCUT2D eigenvalue weighted by atomic mass is 16.6. The highest BCUT2D eigenvalue weighted by molar-refractivity contribution is 4.50. The molecule has 14 nitrogen and oxygen atoms in total. The van der Waals surface area contributed by atoms with E-state index in [0.29, 0.717) is 119 Å². The molecule has 0 atom stereocenters. The first-order valence-electron chi connectivity index (χ1n) is 10.2. The average molecular weight is 481 g/mol. The fourth-order valence-corrected chi connectivity index (χ4v) is 3.02. The molecular weight excluding hydrogens is 436 g/mol. The number of rotatable bonds is 0. The number of hydrogen-bond acceptors (Lipinski definition) is 8. The van der Waals surface area contributed by atoms with Gasteiger partial charge in [-0.2, -0.15) is 0 Å². The Bertz CT molecular complexity index is 319. The van der Waals surface area contributed by atoms with Crippen LogP contribution >= 0.6 is 0 Å². The molecule has 0 aromatic carbocycles. The van der Waals surface area contributed by atoms with Gasteiger partial charge in [0.2, 0.25) is 0 Å². The van der Waals surface area contributed by atoms with E-state index < -0.39 is 9.29 Å². The summed E-state index contributed by atoms with van der Waals surface area (Å²) in [6.07, 6.45) is 0. The molecule has 3 fully saturated rings. The van der Waals surface area contributed by atoms with Crippen molar-refractivity contribution in [3.05, 3.63) is 10.4 Å². The standard InChI is InChI=1S/C18H36N2O8.4H2O/c21-19-1-7-23-13-14-26-10-4-20(22,5-11-27-17-15-24-8-2-19)6-12-28-18-16-25-9-3-19;;;;/h1-18H2;4*1H2. The highest BCUT2D eigenvalue weighted by Gasteiger charge is 2.19. The third-order valence-corrected chi connectivity index (χ3v) is 4.97. The van der Waals surface area contributed by atoms with E-state index in [1.54, 1.807) is 0 Å². The van der Waals surface area contributed by atoms with Gasteiger partial charge in [-0.1, -0.05) is 0 Å². The molecule has 3 heterocycles. The summed E-state index contributed by atoms with van der Waals surface area (Å²) in [4.78, 5) is 0. The van der Waals surface area contributed by atoms with Gasteiger partial charge in [0, 0.05) is 0 Å². The normalized spacial score (nSPS) is 30.2. The van der Waals surface area contributed by atoms with Crippen molar-refractivity contribution in [1.82, 2.24) is 0 Å². The van der Waals surface area contributed by atoms with Gasteiger partial charge in [-0.05, 0) is 0 Å².